The van der Waals surface area contributed by atoms with Crippen LogP contribution in [0.5, 0.6) is 5.88 Å². The molecule has 2 aromatic rings. The predicted octanol–water partition coefficient (Wildman–Crippen LogP) is 5.45. The van der Waals surface area contributed by atoms with Crippen LogP contribution in [0.25, 0.3) is 0 Å². The largest absolute Gasteiger partial charge is 0.418 e. The summed E-state index contributed by atoms with van der Waals surface area (Å²) in [4.78, 5) is 0. The van der Waals surface area contributed by atoms with E-state index in [4.69, 9.17) is 25.4 Å². The molecule has 0 aliphatic carbocycles. The van der Waals surface area contributed by atoms with Crippen molar-refractivity contribution in [3.8, 4) is 11.9 Å². The Labute approximate surface area is 163 Å². The molecule has 0 radical (unpaired) electrons. The molecule has 0 fully saturated rings. The van der Waals surface area contributed by atoms with E-state index in [0.717, 1.165) is 17.6 Å². The van der Waals surface area contributed by atoms with E-state index in [1.807, 2.05) is 6.07 Å². The summed E-state index contributed by atoms with van der Waals surface area (Å²) < 4.78 is 59.6. The van der Waals surface area contributed by atoms with Crippen LogP contribution < -0.4 is 9.84 Å². The van der Waals surface area contributed by atoms with Crippen LogP contribution in [0.1, 0.15) is 25.0 Å². The first kappa shape index (κ1) is 21.6. The summed E-state index contributed by atoms with van der Waals surface area (Å²) >= 11 is 6.00. The van der Waals surface area contributed by atoms with Crippen molar-refractivity contribution in [1.82, 2.24) is 4.37 Å². The Morgan fingerprint density at radius 2 is 1.89 bits per heavy atom. The van der Waals surface area contributed by atoms with E-state index >= 15 is 0 Å². The number of hydrogen-bond donors (Lipinski definition) is 1. The molecule has 6 nitrogen and oxygen atoms in total. The quantitative estimate of drug-likeness (QED) is 0.550. The summed E-state index contributed by atoms with van der Waals surface area (Å²) in [5, 5.41) is 12.1. The zero-order chi connectivity index (χ0) is 20.1. The van der Waals surface area contributed by atoms with Gasteiger partial charge >= 0.3 is 12.9 Å². The number of alkyl halides is 3. The van der Waals surface area contributed by atoms with Gasteiger partial charge in [-0.25, -0.2) is 0 Å². The molecule has 0 aliphatic heterocycles. The smallest absolute Gasteiger partial charge is 0.403 e. The van der Waals surface area contributed by atoms with E-state index in [-0.39, 0.29) is 35.3 Å². The highest BCUT2D eigenvalue weighted by molar-refractivity contribution is 8.07. The van der Waals surface area contributed by atoms with Crippen molar-refractivity contribution in [1.29, 1.82) is 5.26 Å². The fourth-order valence-corrected chi connectivity index (χ4v) is 4.73. The van der Waals surface area contributed by atoms with E-state index < -0.39 is 18.5 Å². The van der Waals surface area contributed by atoms with Crippen molar-refractivity contribution in [3.05, 3.63) is 35.4 Å². The molecular formula is C15H15F3N3O3PS2. The standard InChI is InChI=1S/C15H15F3N3O3PS2/c1-3-22-25(26,23-4-2)24-13-10(9-19)14(27-21-13)20-12-8-6-5-7-11(12)15(16,17)18/h5-8,20H,3-4H2,1-2H3. The van der Waals surface area contributed by atoms with Gasteiger partial charge in [0.1, 0.15) is 11.1 Å². The van der Waals surface area contributed by atoms with Crippen LogP contribution in [-0.2, 0) is 27.0 Å². The lowest BCUT2D eigenvalue weighted by Crippen LogP contribution is -2.08. The molecule has 0 saturated heterocycles. The summed E-state index contributed by atoms with van der Waals surface area (Å²) in [5.74, 6) is -0.139. The minimum absolute atomic E-state index is 0.0781. The van der Waals surface area contributed by atoms with Gasteiger partial charge in [0.2, 0.25) is 0 Å². The van der Waals surface area contributed by atoms with E-state index in [2.05, 4.69) is 9.69 Å². The van der Waals surface area contributed by atoms with E-state index in [9.17, 15) is 18.4 Å². The van der Waals surface area contributed by atoms with Crippen molar-refractivity contribution >= 4 is 40.7 Å². The Kier molecular flexibility index (Phi) is 7.19. The highest BCUT2D eigenvalue weighted by atomic mass is 32.5. The van der Waals surface area contributed by atoms with Crippen LogP contribution in [0, 0.1) is 11.3 Å². The SMILES string of the molecule is CCOP(=S)(OCC)Oc1nsc(Nc2ccccc2C(F)(F)F)c1C#N. The summed E-state index contributed by atoms with van der Waals surface area (Å²) in [6.45, 7) is 0.701. The minimum Gasteiger partial charge on any atom is -0.403 e. The van der Waals surface area contributed by atoms with Crippen molar-refractivity contribution in [2.75, 3.05) is 18.5 Å². The van der Waals surface area contributed by atoms with E-state index in [0.29, 0.717) is 0 Å². The Bertz CT molecular complexity index is 873. The van der Waals surface area contributed by atoms with Crippen LogP contribution in [0.15, 0.2) is 24.3 Å². The first-order chi connectivity index (χ1) is 12.7. The van der Waals surface area contributed by atoms with Gasteiger partial charge in [-0.1, -0.05) is 12.1 Å². The molecule has 0 saturated carbocycles. The molecule has 146 valence electrons. The fourth-order valence-electron chi connectivity index (χ4n) is 2.00. The lowest BCUT2D eigenvalue weighted by Gasteiger charge is -2.19. The Hall–Kier alpha value is -1.70. The van der Waals surface area contributed by atoms with Crippen LogP contribution >= 0.6 is 18.3 Å². The number of para-hydroxylation sites is 1. The second-order valence-electron chi connectivity index (χ2n) is 4.85. The zero-order valence-corrected chi connectivity index (χ0v) is 16.8. The third-order valence-electron chi connectivity index (χ3n) is 3.03. The molecule has 0 spiro atoms. The molecule has 0 aliphatic rings. The summed E-state index contributed by atoms with van der Waals surface area (Å²) in [5.41, 5.74) is -1.14. The Balaban J connectivity index is 2.35. The molecule has 27 heavy (non-hydrogen) atoms. The fraction of sp³-hybridized carbons (Fsp3) is 0.333. The van der Waals surface area contributed by atoms with Gasteiger partial charge in [0.15, 0.2) is 5.56 Å². The van der Waals surface area contributed by atoms with Gasteiger partial charge in [0.05, 0.1) is 24.5 Å². The molecule has 0 amide bonds. The molecule has 1 heterocycles. The lowest BCUT2D eigenvalue weighted by atomic mass is 10.1. The molecule has 0 unspecified atom stereocenters. The molecule has 12 heteroatoms. The van der Waals surface area contributed by atoms with Gasteiger partial charge in [-0.2, -0.15) is 22.8 Å². The monoisotopic (exact) mass is 437 g/mol. The van der Waals surface area contributed by atoms with Gasteiger partial charge in [0, 0.05) is 11.8 Å². The summed E-state index contributed by atoms with van der Waals surface area (Å²) in [6, 6.07) is 6.80. The number of aromatic nitrogens is 1. The number of benzene rings is 1. The Morgan fingerprint density at radius 3 is 2.44 bits per heavy atom. The number of anilines is 2. The first-order valence-corrected chi connectivity index (χ1v) is 11.0. The van der Waals surface area contributed by atoms with Gasteiger partial charge in [-0.3, -0.25) is 9.05 Å². The maximum absolute atomic E-state index is 13.1. The normalized spacial score (nSPS) is 11.9. The number of halogens is 3. The minimum atomic E-state index is -4.55. The van der Waals surface area contributed by atoms with Gasteiger partial charge < -0.3 is 9.84 Å². The topological polar surface area (TPSA) is 76.4 Å². The van der Waals surface area contributed by atoms with Crippen LogP contribution in [0.3, 0.4) is 0 Å². The Morgan fingerprint density at radius 1 is 1.26 bits per heavy atom. The van der Waals surface area contributed by atoms with Gasteiger partial charge in [0.25, 0.3) is 5.88 Å². The van der Waals surface area contributed by atoms with Crippen molar-refractivity contribution < 1.29 is 26.7 Å². The number of hydrogen-bond acceptors (Lipinski definition) is 8. The first-order valence-electron chi connectivity index (χ1n) is 7.65. The van der Waals surface area contributed by atoms with Crippen LogP contribution in [0.2, 0.25) is 0 Å². The lowest BCUT2D eigenvalue weighted by molar-refractivity contribution is -0.136. The molecule has 0 atom stereocenters. The summed E-state index contributed by atoms with van der Waals surface area (Å²) in [6.07, 6.45) is -4.55. The molecular weight excluding hydrogens is 422 g/mol. The van der Waals surface area contributed by atoms with Crippen molar-refractivity contribution in [2.24, 2.45) is 0 Å². The maximum Gasteiger partial charge on any atom is 0.418 e. The molecule has 1 aromatic heterocycles. The van der Waals surface area contributed by atoms with Crippen molar-refractivity contribution in [3.63, 3.8) is 0 Å². The third kappa shape index (κ3) is 5.40. The second-order valence-corrected chi connectivity index (χ2v) is 8.55. The molecule has 1 aromatic carbocycles. The molecule has 0 bridgehead atoms. The second kappa shape index (κ2) is 8.99. The molecule has 2 rings (SSSR count). The van der Waals surface area contributed by atoms with Crippen molar-refractivity contribution in [2.45, 2.75) is 20.0 Å². The van der Waals surface area contributed by atoms with Crippen LogP contribution in [-0.4, -0.2) is 17.6 Å². The van der Waals surface area contributed by atoms with E-state index in [1.165, 1.54) is 18.2 Å². The molecule has 1 N–H and O–H groups in total. The highest BCUT2D eigenvalue weighted by Gasteiger charge is 2.34. The number of nitrogens with zero attached hydrogens (tertiary/aromatic N) is 2. The van der Waals surface area contributed by atoms with E-state index in [1.54, 1.807) is 13.8 Å². The average Bonchev–Trinajstić information content (AvgIpc) is 2.95. The number of nitrogens with one attached hydrogen (secondary N) is 1. The third-order valence-corrected chi connectivity index (χ3v) is 6.17. The number of nitriles is 1. The zero-order valence-electron chi connectivity index (χ0n) is 14.2. The predicted molar refractivity (Wildman–Crippen MR) is 99.7 cm³/mol. The number of rotatable bonds is 8. The van der Waals surface area contributed by atoms with Crippen LogP contribution in [0.4, 0.5) is 23.9 Å². The summed E-state index contributed by atoms with van der Waals surface area (Å²) in [7, 11) is 0. The maximum atomic E-state index is 13.1. The van der Waals surface area contributed by atoms with Gasteiger partial charge in [-0.05, 0) is 37.5 Å². The van der Waals surface area contributed by atoms with Gasteiger partial charge in [-0.15, -0.1) is 0 Å². The average molecular weight is 437 g/mol. The highest BCUT2D eigenvalue weighted by Crippen LogP contribution is 2.51.